The van der Waals surface area contributed by atoms with E-state index in [1.807, 2.05) is 0 Å². The Hall–Kier alpha value is -1.39. The van der Waals surface area contributed by atoms with Crippen LogP contribution < -0.4 is 5.32 Å². The smallest absolute Gasteiger partial charge is 0.127 e. The zero-order valence-electron chi connectivity index (χ0n) is 13.4. The molecule has 1 fully saturated rings. The van der Waals surface area contributed by atoms with Crippen molar-refractivity contribution in [1.29, 1.82) is 0 Å². The van der Waals surface area contributed by atoms with Crippen LogP contribution in [0.1, 0.15) is 37.7 Å². The summed E-state index contributed by atoms with van der Waals surface area (Å²) in [4.78, 5) is 7.51. The first-order chi connectivity index (χ1) is 10.2. The minimum Gasteiger partial charge on any atom is -0.327 e. The Morgan fingerprint density at radius 1 is 1.29 bits per heavy atom. The van der Waals surface area contributed by atoms with E-state index in [0.29, 0.717) is 6.04 Å². The molecule has 0 saturated carbocycles. The summed E-state index contributed by atoms with van der Waals surface area (Å²) in [6, 6.07) is 7.00. The van der Waals surface area contributed by atoms with E-state index in [9.17, 15) is 0 Å². The molecule has 114 valence electrons. The van der Waals surface area contributed by atoms with Gasteiger partial charge in [0.1, 0.15) is 5.82 Å². The second-order valence-electron chi connectivity index (χ2n) is 6.08. The lowest BCUT2D eigenvalue weighted by Crippen LogP contribution is -2.45. The number of benzene rings is 1. The van der Waals surface area contributed by atoms with Crippen molar-refractivity contribution in [1.82, 2.24) is 19.8 Å². The van der Waals surface area contributed by atoms with Gasteiger partial charge in [-0.2, -0.15) is 0 Å². The molecule has 0 radical (unpaired) electrons. The number of nitrogens with one attached hydrogen (secondary N) is 1. The lowest BCUT2D eigenvalue weighted by atomic mass is 10.2. The first-order valence-electron chi connectivity index (χ1n) is 8.12. The summed E-state index contributed by atoms with van der Waals surface area (Å²) < 4.78 is 2.42. The van der Waals surface area contributed by atoms with E-state index in [-0.39, 0.29) is 0 Å². The highest BCUT2D eigenvalue weighted by molar-refractivity contribution is 5.77. The topological polar surface area (TPSA) is 33.1 Å². The van der Waals surface area contributed by atoms with Crippen molar-refractivity contribution in [3.8, 4) is 0 Å². The van der Waals surface area contributed by atoms with Gasteiger partial charge in [-0.1, -0.05) is 13.0 Å². The predicted octanol–water partition coefficient (Wildman–Crippen LogP) is 2.72. The Kier molecular flexibility index (Phi) is 4.27. The molecule has 21 heavy (non-hydrogen) atoms. The van der Waals surface area contributed by atoms with Crippen molar-refractivity contribution in [3.63, 3.8) is 0 Å². The Balaban J connectivity index is 2.01. The lowest BCUT2D eigenvalue weighted by molar-refractivity contribution is 0.176. The fraction of sp³-hybridized carbons (Fsp3) is 0.588. The number of piperazine rings is 1. The maximum absolute atomic E-state index is 4.97. The van der Waals surface area contributed by atoms with Gasteiger partial charge in [0.15, 0.2) is 0 Å². The van der Waals surface area contributed by atoms with Gasteiger partial charge >= 0.3 is 0 Å². The number of fused-ring (bicyclic) bond motifs is 1. The molecule has 0 spiro atoms. The van der Waals surface area contributed by atoms with Gasteiger partial charge in [0.2, 0.25) is 0 Å². The third kappa shape index (κ3) is 2.83. The average molecular weight is 286 g/mol. The highest BCUT2D eigenvalue weighted by atomic mass is 15.2. The van der Waals surface area contributed by atoms with E-state index in [1.54, 1.807) is 0 Å². The normalized spacial score (nSPS) is 18.2. The van der Waals surface area contributed by atoms with Crippen molar-refractivity contribution in [2.24, 2.45) is 0 Å². The van der Waals surface area contributed by atoms with Gasteiger partial charge in [-0.25, -0.2) is 4.98 Å². The molecule has 1 aromatic carbocycles. The van der Waals surface area contributed by atoms with E-state index in [1.165, 1.54) is 16.9 Å². The summed E-state index contributed by atoms with van der Waals surface area (Å²) in [6.45, 7) is 12.1. The summed E-state index contributed by atoms with van der Waals surface area (Å²) in [6.07, 6.45) is 1.14. The van der Waals surface area contributed by atoms with Crippen LogP contribution in [-0.2, 0) is 6.54 Å². The van der Waals surface area contributed by atoms with Crippen LogP contribution >= 0.6 is 0 Å². The van der Waals surface area contributed by atoms with Crippen LogP contribution in [0.5, 0.6) is 0 Å². The number of aromatic nitrogens is 2. The van der Waals surface area contributed by atoms with Crippen LogP contribution in [0.2, 0.25) is 0 Å². The quantitative estimate of drug-likeness (QED) is 0.938. The minimum atomic E-state index is 0.381. The summed E-state index contributed by atoms with van der Waals surface area (Å²) in [5.41, 5.74) is 3.70. The van der Waals surface area contributed by atoms with Gasteiger partial charge in [-0.15, -0.1) is 0 Å². The largest absolute Gasteiger partial charge is 0.327 e. The van der Waals surface area contributed by atoms with E-state index < -0.39 is 0 Å². The van der Waals surface area contributed by atoms with Crippen molar-refractivity contribution in [2.45, 2.75) is 39.8 Å². The molecule has 0 bridgehead atoms. The molecule has 4 heteroatoms. The molecule has 4 nitrogen and oxygen atoms in total. The number of hydrogen-bond acceptors (Lipinski definition) is 3. The molecule has 3 rings (SSSR count). The van der Waals surface area contributed by atoms with E-state index >= 15 is 0 Å². The Morgan fingerprint density at radius 3 is 2.76 bits per heavy atom. The van der Waals surface area contributed by atoms with Crippen molar-refractivity contribution < 1.29 is 0 Å². The molecule has 1 aliphatic rings. The number of hydrogen-bond donors (Lipinski definition) is 1. The summed E-state index contributed by atoms with van der Waals surface area (Å²) >= 11 is 0. The number of rotatable bonds is 4. The van der Waals surface area contributed by atoms with Gasteiger partial charge in [-0.3, -0.25) is 4.90 Å². The summed E-state index contributed by atoms with van der Waals surface area (Å²) in [5, 5.41) is 3.43. The van der Waals surface area contributed by atoms with Gasteiger partial charge in [0.25, 0.3) is 0 Å². The fourth-order valence-electron chi connectivity index (χ4n) is 3.27. The first-order valence-corrected chi connectivity index (χ1v) is 8.12. The molecule has 1 N–H and O–H groups in total. The fourth-order valence-corrected chi connectivity index (χ4v) is 3.27. The Labute approximate surface area is 127 Å². The van der Waals surface area contributed by atoms with Crippen molar-refractivity contribution in [2.75, 3.05) is 26.2 Å². The predicted molar refractivity (Wildman–Crippen MR) is 87.6 cm³/mol. The summed E-state index contributed by atoms with van der Waals surface area (Å²) in [7, 11) is 0. The molecule has 1 atom stereocenters. The molecular formula is C17H26N4. The van der Waals surface area contributed by atoms with Gasteiger partial charge < -0.3 is 9.88 Å². The van der Waals surface area contributed by atoms with Crippen LogP contribution in [0.15, 0.2) is 18.2 Å². The van der Waals surface area contributed by atoms with E-state index in [0.717, 1.165) is 44.7 Å². The van der Waals surface area contributed by atoms with Crippen molar-refractivity contribution >= 4 is 11.0 Å². The molecule has 1 unspecified atom stereocenters. The van der Waals surface area contributed by atoms with Gasteiger partial charge in [-0.05, 0) is 38.0 Å². The maximum atomic E-state index is 4.97. The SMILES string of the molecule is CCCn1c(C(C)N2CCNCC2)nc2cc(C)ccc21. The van der Waals surface area contributed by atoms with Crippen LogP contribution in [0.3, 0.4) is 0 Å². The second-order valence-corrected chi connectivity index (χ2v) is 6.08. The Bertz CT molecular complexity index is 611. The molecule has 0 aliphatic carbocycles. The molecule has 1 aromatic heterocycles. The van der Waals surface area contributed by atoms with Crippen LogP contribution in [0, 0.1) is 6.92 Å². The average Bonchev–Trinajstić information content (AvgIpc) is 2.85. The number of imidazole rings is 1. The summed E-state index contributed by atoms with van der Waals surface area (Å²) in [5.74, 6) is 1.22. The van der Waals surface area contributed by atoms with Crippen molar-refractivity contribution in [3.05, 3.63) is 29.6 Å². The van der Waals surface area contributed by atoms with Gasteiger partial charge in [0.05, 0.1) is 17.1 Å². The molecule has 2 heterocycles. The Morgan fingerprint density at radius 2 is 2.05 bits per heavy atom. The molecule has 1 saturated heterocycles. The molecular weight excluding hydrogens is 260 g/mol. The third-order valence-electron chi connectivity index (χ3n) is 4.45. The molecule has 2 aromatic rings. The standard InChI is InChI=1S/C17H26N4/c1-4-9-21-16-6-5-13(2)12-15(16)19-17(21)14(3)20-10-7-18-8-11-20/h5-6,12,14,18H,4,7-11H2,1-3H3. The minimum absolute atomic E-state index is 0.381. The van der Waals surface area contributed by atoms with E-state index in [4.69, 9.17) is 4.98 Å². The highest BCUT2D eigenvalue weighted by Gasteiger charge is 2.23. The van der Waals surface area contributed by atoms with E-state index in [2.05, 4.69) is 53.8 Å². The van der Waals surface area contributed by atoms with Crippen LogP contribution in [0.25, 0.3) is 11.0 Å². The maximum Gasteiger partial charge on any atom is 0.127 e. The second kappa shape index (κ2) is 6.16. The van der Waals surface area contributed by atoms with Gasteiger partial charge in [0, 0.05) is 32.7 Å². The highest BCUT2D eigenvalue weighted by Crippen LogP contribution is 2.26. The number of aryl methyl sites for hydroxylation is 2. The first kappa shape index (κ1) is 14.5. The molecule has 0 amide bonds. The lowest BCUT2D eigenvalue weighted by Gasteiger charge is -2.32. The third-order valence-corrected chi connectivity index (χ3v) is 4.45. The van der Waals surface area contributed by atoms with Crippen LogP contribution in [0.4, 0.5) is 0 Å². The zero-order chi connectivity index (χ0) is 14.8. The zero-order valence-corrected chi connectivity index (χ0v) is 13.4. The van der Waals surface area contributed by atoms with Crippen LogP contribution in [-0.4, -0.2) is 40.6 Å². The molecule has 1 aliphatic heterocycles. The monoisotopic (exact) mass is 286 g/mol. The number of nitrogens with zero attached hydrogens (tertiary/aromatic N) is 3.